The topological polar surface area (TPSA) is 9.23 Å². The maximum atomic E-state index is 5.08. The Hall–Kier alpha value is -0.343. The summed E-state index contributed by atoms with van der Waals surface area (Å²) in [7, 11) is 0.819. The van der Waals surface area contributed by atoms with Gasteiger partial charge < -0.3 is 4.43 Å². The minimum atomic E-state index is 0.0599. The molecule has 0 rings (SSSR count). The third-order valence-corrected chi connectivity index (χ3v) is 2.19. The van der Waals surface area contributed by atoms with Crippen LogP contribution < -0.4 is 0 Å². The van der Waals surface area contributed by atoms with Crippen LogP contribution in [0.1, 0.15) is 13.3 Å². The second kappa shape index (κ2) is 4.47. The maximum absolute atomic E-state index is 5.08. The van der Waals surface area contributed by atoms with Crippen LogP contribution >= 0.6 is 0 Å². The van der Waals surface area contributed by atoms with Crippen molar-refractivity contribution in [1.82, 2.24) is 0 Å². The molecule has 0 unspecified atom stereocenters. The van der Waals surface area contributed by atoms with Crippen molar-refractivity contribution in [3.05, 3.63) is 25.3 Å². The van der Waals surface area contributed by atoms with Gasteiger partial charge in [0.25, 0.3) is 0 Å². The van der Waals surface area contributed by atoms with Gasteiger partial charge in [-0.05, 0) is 6.42 Å². The molecule has 0 radical (unpaired) electrons. The first-order chi connectivity index (χ1) is 4.68. The van der Waals surface area contributed by atoms with Crippen molar-refractivity contribution >= 4 is 10.5 Å². The second-order valence-electron chi connectivity index (χ2n) is 2.66. The molecule has 1 nitrogen and oxygen atoms in total. The normalized spacial score (nSPS) is 11.3. The molecule has 0 N–H and O–H groups in total. The Morgan fingerprint density at radius 2 is 2.00 bits per heavy atom. The van der Waals surface area contributed by atoms with Crippen LogP contribution in [0.2, 0.25) is 0 Å². The van der Waals surface area contributed by atoms with Gasteiger partial charge in [0.15, 0.2) is 0 Å². The van der Waals surface area contributed by atoms with Gasteiger partial charge in [0.2, 0.25) is 0 Å². The van der Waals surface area contributed by atoms with E-state index in [1.54, 1.807) is 0 Å². The largest absolute Gasteiger partial charge is 0.428 e. The molecule has 0 aliphatic heterocycles. The Labute approximate surface area is 66.3 Å². The Balaban J connectivity index is 3.80. The molecule has 0 aliphatic carbocycles. The zero-order valence-corrected chi connectivity index (χ0v) is 8.89. The first-order valence-electron chi connectivity index (χ1n) is 3.44. The first kappa shape index (κ1) is 9.66. The van der Waals surface area contributed by atoms with Crippen molar-refractivity contribution in [3.8, 4) is 0 Å². The van der Waals surface area contributed by atoms with Crippen LogP contribution in [0.5, 0.6) is 0 Å². The summed E-state index contributed by atoms with van der Waals surface area (Å²) in [4.78, 5) is 0. The maximum Gasteiger partial charge on any atom is 0.145 e. The molecule has 0 heterocycles. The molecule has 2 heteroatoms. The standard InChI is InChI=1S/C8H16OSi/c1-4-8(3,5-2)6-7-9-10/h4-5H,1-2,6-7H2,3,10H3. The SMILES string of the molecule is C=CC(C)(C=C)CCO[SiH3]. The smallest absolute Gasteiger partial charge is 0.145 e. The highest BCUT2D eigenvalue weighted by Crippen LogP contribution is 2.23. The lowest BCUT2D eigenvalue weighted by molar-refractivity contribution is 0.296. The third kappa shape index (κ3) is 2.99. The van der Waals surface area contributed by atoms with Crippen LogP contribution in [0.4, 0.5) is 0 Å². The van der Waals surface area contributed by atoms with E-state index in [1.165, 1.54) is 0 Å². The monoisotopic (exact) mass is 156 g/mol. The minimum absolute atomic E-state index is 0.0599. The van der Waals surface area contributed by atoms with E-state index < -0.39 is 0 Å². The molecule has 0 aliphatic rings. The number of allylic oxidation sites excluding steroid dienone is 2. The molecule has 10 heavy (non-hydrogen) atoms. The lowest BCUT2D eigenvalue weighted by Crippen LogP contribution is -2.11. The summed E-state index contributed by atoms with van der Waals surface area (Å²) in [5.74, 6) is 0. The lowest BCUT2D eigenvalue weighted by atomic mass is 9.88. The van der Waals surface area contributed by atoms with Gasteiger partial charge in [0.1, 0.15) is 10.5 Å². The summed E-state index contributed by atoms with van der Waals surface area (Å²) in [6, 6.07) is 0. The Bertz CT molecular complexity index is 112. The van der Waals surface area contributed by atoms with Gasteiger partial charge in [-0.15, -0.1) is 13.2 Å². The van der Waals surface area contributed by atoms with Crippen molar-refractivity contribution in [3.63, 3.8) is 0 Å². The molecule has 0 fully saturated rings. The molecule has 0 atom stereocenters. The van der Waals surface area contributed by atoms with E-state index in [1.807, 2.05) is 12.2 Å². The number of hydrogen-bond acceptors (Lipinski definition) is 1. The summed E-state index contributed by atoms with van der Waals surface area (Å²) < 4.78 is 5.08. The molecule has 58 valence electrons. The van der Waals surface area contributed by atoms with Gasteiger partial charge in [-0.25, -0.2) is 0 Å². The minimum Gasteiger partial charge on any atom is -0.428 e. The van der Waals surface area contributed by atoms with Gasteiger partial charge in [-0.1, -0.05) is 19.1 Å². The highest BCUT2D eigenvalue weighted by Gasteiger charge is 2.13. The molecule has 0 aromatic heterocycles. The fourth-order valence-corrected chi connectivity index (χ4v) is 0.814. The Morgan fingerprint density at radius 1 is 1.50 bits per heavy atom. The van der Waals surface area contributed by atoms with E-state index in [2.05, 4.69) is 20.1 Å². The predicted molar refractivity (Wildman–Crippen MR) is 49.0 cm³/mol. The van der Waals surface area contributed by atoms with Crippen molar-refractivity contribution in [2.24, 2.45) is 5.41 Å². The van der Waals surface area contributed by atoms with Crippen LogP contribution in [0.3, 0.4) is 0 Å². The van der Waals surface area contributed by atoms with Crippen molar-refractivity contribution in [2.75, 3.05) is 6.61 Å². The summed E-state index contributed by atoms with van der Waals surface area (Å²) >= 11 is 0. The molecule has 0 saturated heterocycles. The summed E-state index contributed by atoms with van der Waals surface area (Å²) in [5, 5.41) is 0. The Morgan fingerprint density at radius 3 is 2.30 bits per heavy atom. The first-order valence-corrected chi connectivity index (χ1v) is 4.26. The van der Waals surface area contributed by atoms with Crippen LogP contribution in [0, 0.1) is 5.41 Å². The van der Waals surface area contributed by atoms with E-state index >= 15 is 0 Å². The van der Waals surface area contributed by atoms with Gasteiger partial charge in [-0.3, -0.25) is 0 Å². The van der Waals surface area contributed by atoms with Gasteiger partial charge in [0, 0.05) is 12.0 Å². The van der Waals surface area contributed by atoms with E-state index in [9.17, 15) is 0 Å². The number of hydrogen-bond donors (Lipinski definition) is 0. The summed E-state index contributed by atoms with van der Waals surface area (Å²) in [5.41, 5.74) is 0.0599. The van der Waals surface area contributed by atoms with Gasteiger partial charge in [-0.2, -0.15) is 0 Å². The van der Waals surface area contributed by atoms with Gasteiger partial charge >= 0.3 is 0 Å². The summed E-state index contributed by atoms with van der Waals surface area (Å²) in [6.45, 7) is 10.4. The number of rotatable bonds is 5. The highest BCUT2D eigenvalue weighted by molar-refractivity contribution is 5.97. The fourth-order valence-electron chi connectivity index (χ4n) is 0.609. The molecular weight excluding hydrogens is 140 g/mol. The predicted octanol–water partition coefficient (Wildman–Crippen LogP) is 1.05. The average Bonchev–Trinajstić information content (AvgIpc) is 2.00. The van der Waals surface area contributed by atoms with Crippen molar-refractivity contribution in [1.29, 1.82) is 0 Å². The molecule has 0 saturated carbocycles. The van der Waals surface area contributed by atoms with E-state index in [0.717, 1.165) is 23.5 Å². The molecule has 0 amide bonds. The van der Waals surface area contributed by atoms with E-state index in [0.29, 0.717) is 0 Å². The molecule has 0 spiro atoms. The average molecular weight is 156 g/mol. The highest BCUT2D eigenvalue weighted by atomic mass is 28.2. The van der Waals surface area contributed by atoms with Gasteiger partial charge in [0.05, 0.1) is 0 Å². The van der Waals surface area contributed by atoms with E-state index in [4.69, 9.17) is 4.43 Å². The molecular formula is C8H16OSi. The lowest BCUT2D eigenvalue weighted by Gasteiger charge is -2.19. The zero-order valence-electron chi connectivity index (χ0n) is 6.89. The van der Waals surface area contributed by atoms with E-state index in [-0.39, 0.29) is 5.41 Å². The summed E-state index contributed by atoms with van der Waals surface area (Å²) in [6.07, 6.45) is 4.82. The van der Waals surface area contributed by atoms with Crippen LogP contribution in [0.25, 0.3) is 0 Å². The molecule has 0 aromatic rings. The fraction of sp³-hybridized carbons (Fsp3) is 0.500. The van der Waals surface area contributed by atoms with Crippen molar-refractivity contribution in [2.45, 2.75) is 13.3 Å². The quantitative estimate of drug-likeness (QED) is 0.427. The zero-order chi connectivity index (χ0) is 8.04. The van der Waals surface area contributed by atoms with Crippen LogP contribution in [-0.4, -0.2) is 17.1 Å². The third-order valence-electron chi connectivity index (χ3n) is 1.78. The molecule has 0 bridgehead atoms. The molecule has 0 aromatic carbocycles. The second-order valence-corrected chi connectivity index (χ2v) is 3.23. The van der Waals surface area contributed by atoms with Crippen molar-refractivity contribution < 1.29 is 4.43 Å². The van der Waals surface area contributed by atoms with Crippen LogP contribution in [-0.2, 0) is 4.43 Å². The van der Waals surface area contributed by atoms with Crippen LogP contribution in [0.15, 0.2) is 25.3 Å². The Kier molecular flexibility index (Phi) is 4.32.